The third kappa shape index (κ3) is 3.95. The molecule has 0 radical (unpaired) electrons. The van der Waals surface area contributed by atoms with Crippen molar-refractivity contribution in [3.05, 3.63) is 66.1 Å². The molecule has 1 atom stereocenters. The molecule has 1 amide bonds. The minimum atomic E-state index is -3.23. The average Bonchev–Trinajstić information content (AvgIpc) is 3.10. The number of hydrogen-bond donors (Lipinski definition) is 1. The van der Waals surface area contributed by atoms with E-state index in [1.807, 2.05) is 54.2 Å². The van der Waals surface area contributed by atoms with Crippen LogP contribution in [0.2, 0.25) is 0 Å². The van der Waals surface area contributed by atoms with Crippen molar-refractivity contribution in [3.8, 4) is 0 Å². The molecule has 7 nitrogen and oxygen atoms in total. The fourth-order valence-corrected chi connectivity index (χ4v) is 4.54. The minimum Gasteiger partial charge on any atom is -0.465 e. The van der Waals surface area contributed by atoms with Crippen LogP contribution in [0.1, 0.15) is 18.2 Å². The molecule has 1 aliphatic rings. The van der Waals surface area contributed by atoms with Crippen molar-refractivity contribution >= 4 is 32.4 Å². The highest BCUT2D eigenvalue weighted by molar-refractivity contribution is 7.90. The number of nitrogens with zero attached hydrogens (tertiary/aromatic N) is 3. The van der Waals surface area contributed by atoms with Crippen molar-refractivity contribution in [3.63, 3.8) is 0 Å². The predicted octanol–water partition coefficient (Wildman–Crippen LogP) is 3.50. The Morgan fingerprint density at radius 1 is 1.23 bits per heavy atom. The van der Waals surface area contributed by atoms with E-state index < -0.39 is 15.9 Å². The summed E-state index contributed by atoms with van der Waals surface area (Å²) in [5, 5.41) is 10.0. The van der Waals surface area contributed by atoms with Crippen molar-refractivity contribution in [2.24, 2.45) is 5.92 Å². The maximum Gasteiger partial charge on any atom is 0.407 e. The number of carbonyl (C=O) groups is 1. The van der Waals surface area contributed by atoms with Crippen LogP contribution < -0.4 is 0 Å². The fourth-order valence-electron chi connectivity index (χ4n) is 3.88. The van der Waals surface area contributed by atoms with E-state index >= 15 is 0 Å². The first-order valence-electron chi connectivity index (χ1n) is 9.64. The quantitative estimate of drug-likeness (QED) is 0.691. The van der Waals surface area contributed by atoms with Crippen LogP contribution in [0.3, 0.4) is 0 Å². The Balaban J connectivity index is 1.54. The monoisotopic (exact) mass is 425 g/mol. The molecule has 0 spiro atoms. The fraction of sp³-hybridized carbons (Fsp3) is 0.273. The summed E-state index contributed by atoms with van der Waals surface area (Å²) in [6, 6.07) is 11.0. The van der Waals surface area contributed by atoms with Gasteiger partial charge in [0.1, 0.15) is 0 Å². The van der Waals surface area contributed by atoms with Crippen molar-refractivity contribution in [2.45, 2.75) is 18.4 Å². The predicted molar refractivity (Wildman–Crippen MR) is 115 cm³/mol. The van der Waals surface area contributed by atoms with Crippen LogP contribution in [0.15, 0.2) is 59.8 Å². The maximum absolute atomic E-state index is 11.8. The van der Waals surface area contributed by atoms with Crippen LogP contribution in [0, 0.1) is 5.92 Å². The summed E-state index contributed by atoms with van der Waals surface area (Å²) in [5.74, 6) is 0.111. The van der Waals surface area contributed by atoms with Crippen molar-refractivity contribution in [1.29, 1.82) is 0 Å². The number of pyridine rings is 1. The SMILES string of the molecule is CC1CN(C(=O)O)CC=C1c1ccc(Cn2ccc3cc(S(C)(=O)=O)ccc32)nc1. The normalized spacial score (nSPS) is 17.2. The standard InChI is InChI=1S/C22H23N3O4S/c1-15-13-25(22(26)27)10-8-20(15)17-3-4-18(23-12-17)14-24-9-7-16-11-19(30(2,28)29)5-6-21(16)24/h3-9,11-12,15H,10,13-14H2,1-2H3,(H,26,27). The summed E-state index contributed by atoms with van der Waals surface area (Å²) in [4.78, 5) is 17.5. The highest BCUT2D eigenvalue weighted by Crippen LogP contribution is 2.27. The molecule has 1 N–H and O–H groups in total. The van der Waals surface area contributed by atoms with Gasteiger partial charge in [-0.1, -0.05) is 19.1 Å². The van der Waals surface area contributed by atoms with E-state index in [4.69, 9.17) is 5.11 Å². The Labute approximate surface area is 175 Å². The second-order valence-electron chi connectivity index (χ2n) is 7.72. The molecule has 1 aliphatic heterocycles. The van der Waals surface area contributed by atoms with Crippen LogP contribution in [-0.4, -0.2) is 53.4 Å². The van der Waals surface area contributed by atoms with E-state index in [2.05, 4.69) is 4.98 Å². The summed E-state index contributed by atoms with van der Waals surface area (Å²) in [7, 11) is -3.23. The van der Waals surface area contributed by atoms with Gasteiger partial charge in [0.05, 0.1) is 17.1 Å². The zero-order valence-electron chi connectivity index (χ0n) is 16.8. The van der Waals surface area contributed by atoms with E-state index in [0.717, 1.165) is 27.7 Å². The molecule has 1 unspecified atom stereocenters. The molecule has 0 saturated carbocycles. The summed E-state index contributed by atoms with van der Waals surface area (Å²) < 4.78 is 25.6. The van der Waals surface area contributed by atoms with Gasteiger partial charge >= 0.3 is 6.09 Å². The summed E-state index contributed by atoms with van der Waals surface area (Å²) in [6.07, 6.45) is 6.03. The van der Waals surface area contributed by atoms with Crippen molar-refractivity contribution in [2.75, 3.05) is 19.3 Å². The van der Waals surface area contributed by atoms with Crippen LogP contribution in [0.4, 0.5) is 4.79 Å². The van der Waals surface area contributed by atoms with Gasteiger partial charge in [-0.25, -0.2) is 13.2 Å². The third-order valence-electron chi connectivity index (χ3n) is 5.49. The Morgan fingerprint density at radius 3 is 2.67 bits per heavy atom. The number of fused-ring (bicyclic) bond motifs is 1. The first-order valence-corrected chi connectivity index (χ1v) is 11.5. The highest BCUT2D eigenvalue weighted by atomic mass is 32.2. The summed E-state index contributed by atoms with van der Waals surface area (Å²) in [5.41, 5.74) is 3.96. The Bertz CT molecular complexity index is 1240. The van der Waals surface area contributed by atoms with Crippen molar-refractivity contribution in [1.82, 2.24) is 14.5 Å². The minimum absolute atomic E-state index is 0.111. The smallest absolute Gasteiger partial charge is 0.407 e. The first-order chi connectivity index (χ1) is 14.2. The second-order valence-corrected chi connectivity index (χ2v) is 9.74. The van der Waals surface area contributed by atoms with Crippen LogP contribution in [0.5, 0.6) is 0 Å². The number of amides is 1. The number of hydrogen-bond acceptors (Lipinski definition) is 4. The lowest BCUT2D eigenvalue weighted by Crippen LogP contribution is -2.37. The molecule has 2 aromatic heterocycles. The van der Waals surface area contributed by atoms with Gasteiger partial charge in [-0.3, -0.25) is 4.98 Å². The third-order valence-corrected chi connectivity index (χ3v) is 6.60. The first kappa shape index (κ1) is 20.2. The lowest BCUT2D eigenvalue weighted by molar-refractivity contribution is 0.145. The second kappa shape index (κ2) is 7.60. The van der Waals surface area contributed by atoms with Gasteiger partial charge in [0, 0.05) is 42.6 Å². The van der Waals surface area contributed by atoms with Gasteiger partial charge in [0.25, 0.3) is 0 Å². The van der Waals surface area contributed by atoms with Gasteiger partial charge in [-0.15, -0.1) is 0 Å². The molecule has 8 heteroatoms. The number of rotatable bonds is 4. The number of carboxylic acid groups (broad SMARTS) is 1. The van der Waals surface area contributed by atoms with E-state index in [9.17, 15) is 13.2 Å². The molecule has 0 saturated heterocycles. The van der Waals surface area contributed by atoms with Gasteiger partial charge in [-0.05, 0) is 47.4 Å². The Hall–Kier alpha value is -3.13. The molecule has 3 aromatic rings. The molecule has 30 heavy (non-hydrogen) atoms. The number of sulfone groups is 1. The summed E-state index contributed by atoms with van der Waals surface area (Å²) in [6.45, 7) is 3.46. The molecule has 0 bridgehead atoms. The summed E-state index contributed by atoms with van der Waals surface area (Å²) >= 11 is 0. The zero-order valence-corrected chi connectivity index (χ0v) is 17.6. The van der Waals surface area contributed by atoms with E-state index in [1.165, 1.54) is 11.2 Å². The van der Waals surface area contributed by atoms with E-state index in [1.54, 1.807) is 12.1 Å². The molecule has 1 aromatic carbocycles. The Kier molecular flexibility index (Phi) is 5.11. The van der Waals surface area contributed by atoms with E-state index in [-0.39, 0.29) is 5.92 Å². The number of benzene rings is 1. The molecule has 0 aliphatic carbocycles. The van der Waals surface area contributed by atoms with Crippen LogP contribution in [-0.2, 0) is 16.4 Å². The highest BCUT2D eigenvalue weighted by Gasteiger charge is 2.23. The lowest BCUT2D eigenvalue weighted by Gasteiger charge is -2.29. The van der Waals surface area contributed by atoms with Crippen LogP contribution in [0.25, 0.3) is 16.5 Å². The average molecular weight is 426 g/mol. The lowest BCUT2D eigenvalue weighted by atomic mass is 9.91. The zero-order chi connectivity index (χ0) is 21.5. The Morgan fingerprint density at radius 2 is 2.03 bits per heavy atom. The van der Waals surface area contributed by atoms with Crippen molar-refractivity contribution < 1.29 is 18.3 Å². The molecular weight excluding hydrogens is 402 g/mol. The van der Waals surface area contributed by atoms with Gasteiger partial charge < -0.3 is 14.6 Å². The molecule has 156 valence electrons. The molecule has 3 heterocycles. The maximum atomic E-state index is 11.8. The molecule has 0 fully saturated rings. The number of aromatic nitrogens is 2. The topological polar surface area (TPSA) is 92.5 Å². The molecule has 4 rings (SSSR count). The van der Waals surface area contributed by atoms with E-state index in [0.29, 0.717) is 24.5 Å². The molecular formula is C22H23N3O4S. The van der Waals surface area contributed by atoms with Gasteiger partial charge in [-0.2, -0.15) is 0 Å². The van der Waals surface area contributed by atoms with Gasteiger partial charge in [0.2, 0.25) is 0 Å². The van der Waals surface area contributed by atoms with Crippen LogP contribution >= 0.6 is 0 Å². The largest absolute Gasteiger partial charge is 0.465 e. The van der Waals surface area contributed by atoms with Gasteiger partial charge in [0.15, 0.2) is 9.84 Å².